The van der Waals surface area contributed by atoms with E-state index in [-0.39, 0.29) is 17.8 Å². The molecule has 1 amide bonds. The third kappa shape index (κ3) is 2.56. The molecule has 2 atom stereocenters. The number of carbonyl (C=O) groups excluding carboxylic acids is 2. The first-order chi connectivity index (χ1) is 7.93. The van der Waals surface area contributed by atoms with Gasteiger partial charge in [-0.3, -0.25) is 14.4 Å². The maximum absolute atomic E-state index is 11.9. The number of Topliss-reactive ketones (excluding diaryl/α,β-unsaturated/α-hetero) is 1. The van der Waals surface area contributed by atoms with Crippen molar-refractivity contribution in [2.75, 3.05) is 0 Å². The first-order valence-electron chi connectivity index (χ1n) is 5.92. The average molecular weight is 240 g/mol. The van der Waals surface area contributed by atoms with Crippen molar-refractivity contribution in [3.63, 3.8) is 0 Å². The van der Waals surface area contributed by atoms with Crippen LogP contribution < -0.4 is 5.84 Å². The largest absolute Gasteiger partial charge is 0.295 e. The second kappa shape index (κ2) is 5.42. The highest BCUT2D eigenvalue weighted by Crippen LogP contribution is 2.30. The standard InChI is InChI=1S/C12H20N2O3/c1-5-9(7(3)10(15)6-2)11-8(4)17-14(13)12(11)16/h8,11H,5-6,13H2,1-4H3. The summed E-state index contributed by atoms with van der Waals surface area (Å²) in [5.74, 6) is 4.77. The van der Waals surface area contributed by atoms with Gasteiger partial charge in [0, 0.05) is 6.42 Å². The Morgan fingerprint density at radius 2 is 2.00 bits per heavy atom. The molecule has 0 aromatic carbocycles. The first-order valence-corrected chi connectivity index (χ1v) is 5.92. The molecule has 1 fully saturated rings. The summed E-state index contributed by atoms with van der Waals surface area (Å²) in [4.78, 5) is 28.7. The summed E-state index contributed by atoms with van der Waals surface area (Å²) in [5.41, 5.74) is 1.50. The number of hydrazine groups is 1. The van der Waals surface area contributed by atoms with Gasteiger partial charge in [-0.15, -0.1) is 5.17 Å². The zero-order valence-electron chi connectivity index (χ0n) is 10.8. The minimum absolute atomic E-state index is 0.0670. The molecule has 1 heterocycles. The van der Waals surface area contributed by atoms with Gasteiger partial charge in [0.15, 0.2) is 5.78 Å². The van der Waals surface area contributed by atoms with Crippen LogP contribution in [0.15, 0.2) is 11.1 Å². The lowest BCUT2D eigenvalue weighted by Gasteiger charge is -2.16. The van der Waals surface area contributed by atoms with Crippen molar-refractivity contribution in [1.29, 1.82) is 0 Å². The van der Waals surface area contributed by atoms with Gasteiger partial charge in [-0.05, 0) is 31.4 Å². The Bertz CT molecular complexity index is 363. The molecule has 0 aromatic rings. The van der Waals surface area contributed by atoms with E-state index in [2.05, 4.69) is 0 Å². The first kappa shape index (κ1) is 13.9. The van der Waals surface area contributed by atoms with Crippen LogP contribution in [-0.2, 0) is 14.4 Å². The van der Waals surface area contributed by atoms with Crippen molar-refractivity contribution in [1.82, 2.24) is 5.17 Å². The molecular weight excluding hydrogens is 220 g/mol. The molecule has 17 heavy (non-hydrogen) atoms. The van der Waals surface area contributed by atoms with Crippen LogP contribution in [0, 0.1) is 5.92 Å². The summed E-state index contributed by atoms with van der Waals surface area (Å²) in [7, 11) is 0. The normalized spacial score (nSPS) is 26.2. The van der Waals surface area contributed by atoms with Gasteiger partial charge in [-0.1, -0.05) is 13.8 Å². The SMILES string of the molecule is CCC(=O)C(C)=C(CC)C1C(=O)N(N)OC1C. The second-order valence-electron chi connectivity index (χ2n) is 4.23. The molecule has 1 saturated heterocycles. The Morgan fingerprint density at radius 3 is 2.35 bits per heavy atom. The molecule has 1 aliphatic heterocycles. The van der Waals surface area contributed by atoms with E-state index in [0.717, 1.165) is 10.7 Å². The zero-order chi connectivity index (χ0) is 13.2. The molecule has 2 N–H and O–H groups in total. The molecule has 96 valence electrons. The number of hydrogen-bond acceptors (Lipinski definition) is 4. The smallest absolute Gasteiger partial charge is 0.271 e. The lowest BCUT2D eigenvalue weighted by atomic mass is 9.87. The van der Waals surface area contributed by atoms with E-state index >= 15 is 0 Å². The molecule has 0 saturated carbocycles. The van der Waals surface area contributed by atoms with Crippen LogP contribution in [0.2, 0.25) is 0 Å². The van der Waals surface area contributed by atoms with E-state index in [1.165, 1.54) is 0 Å². The number of ketones is 1. The summed E-state index contributed by atoms with van der Waals surface area (Å²) < 4.78 is 0. The fourth-order valence-electron chi connectivity index (χ4n) is 2.22. The van der Waals surface area contributed by atoms with Gasteiger partial charge in [0.2, 0.25) is 0 Å². The number of carbonyl (C=O) groups is 2. The van der Waals surface area contributed by atoms with Crippen molar-refractivity contribution >= 4 is 11.7 Å². The van der Waals surface area contributed by atoms with Crippen LogP contribution in [-0.4, -0.2) is 23.0 Å². The maximum atomic E-state index is 11.9. The summed E-state index contributed by atoms with van der Waals surface area (Å²) in [6, 6.07) is 0. The van der Waals surface area contributed by atoms with Crippen molar-refractivity contribution < 1.29 is 14.4 Å². The Labute approximate surface area is 102 Å². The molecule has 5 heteroatoms. The zero-order valence-corrected chi connectivity index (χ0v) is 10.8. The van der Waals surface area contributed by atoms with Gasteiger partial charge in [-0.25, -0.2) is 5.84 Å². The predicted octanol–water partition coefficient (Wildman–Crippen LogP) is 1.34. The molecule has 0 aliphatic carbocycles. The second-order valence-corrected chi connectivity index (χ2v) is 4.23. The molecule has 0 bridgehead atoms. The van der Waals surface area contributed by atoms with E-state index in [9.17, 15) is 9.59 Å². The number of hydroxylamine groups is 1. The number of hydrogen-bond donors (Lipinski definition) is 1. The molecular formula is C12H20N2O3. The summed E-state index contributed by atoms with van der Waals surface area (Å²) >= 11 is 0. The summed E-state index contributed by atoms with van der Waals surface area (Å²) in [6.07, 6.45) is 0.773. The predicted molar refractivity (Wildman–Crippen MR) is 63.4 cm³/mol. The quantitative estimate of drug-likeness (QED) is 0.457. The van der Waals surface area contributed by atoms with Gasteiger partial charge < -0.3 is 0 Å². The lowest BCUT2D eigenvalue weighted by Crippen LogP contribution is -2.33. The van der Waals surface area contributed by atoms with Crippen LogP contribution in [0.1, 0.15) is 40.5 Å². The number of rotatable bonds is 4. The van der Waals surface area contributed by atoms with Gasteiger partial charge in [0.1, 0.15) is 6.10 Å². The van der Waals surface area contributed by atoms with Crippen LogP contribution in [0.25, 0.3) is 0 Å². The van der Waals surface area contributed by atoms with Gasteiger partial charge in [0.05, 0.1) is 5.92 Å². The maximum Gasteiger partial charge on any atom is 0.271 e. The molecule has 2 unspecified atom stereocenters. The minimum atomic E-state index is -0.430. The third-order valence-electron chi connectivity index (χ3n) is 3.21. The minimum Gasteiger partial charge on any atom is -0.295 e. The molecule has 1 aliphatic rings. The highest BCUT2D eigenvalue weighted by Gasteiger charge is 2.41. The van der Waals surface area contributed by atoms with E-state index in [1.54, 1.807) is 13.8 Å². The number of allylic oxidation sites excluding steroid dienone is 1. The van der Waals surface area contributed by atoms with Crippen LogP contribution in [0.5, 0.6) is 0 Å². The number of nitrogens with two attached hydrogens (primary N) is 1. The molecule has 5 nitrogen and oxygen atoms in total. The highest BCUT2D eigenvalue weighted by molar-refractivity contribution is 5.96. The van der Waals surface area contributed by atoms with Gasteiger partial charge in [0.25, 0.3) is 5.91 Å². The molecule has 0 aromatic heterocycles. The Morgan fingerprint density at radius 1 is 1.41 bits per heavy atom. The number of nitrogens with zero attached hydrogens (tertiary/aromatic N) is 1. The Kier molecular flexibility index (Phi) is 4.42. The van der Waals surface area contributed by atoms with E-state index in [1.807, 2.05) is 13.8 Å². The van der Waals surface area contributed by atoms with Crippen LogP contribution in [0.3, 0.4) is 0 Å². The Balaban J connectivity index is 3.11. The van der Waals surface area contributed by atoms with Gasteiger partial charge >= 0.3 is 0 Å². The summed E-state index contributed by atoms with van der Waals surface area (Å²) in [6.45, 7) is 7.30. The third-order valence-corrected chi connectivity index (χ3v) is 3.21. The molecule has 1 rings (SSSR count). The molecule has 0 spiro atoms. The summed E-state index contributed by atoms with van der Waals surface area (Å²) in [5, 5.41) is 0.773. The Hall–Kier alpha value is -1.20. The lowest BCUT2D eigenvalue weighted by molar-refractivity contribution is -0.172. The monoisotopic (exact) mass is 240 g/mol. The van der Waals surface area contributed by atoms with Crippen LogP contribution in [0.4, 0.5) is 0 Å². The van der Waals surface area contributed by atoms with E-state index < -0.39 is 5.92 Å². The number of amides is 1. The van der Waals surface area contributed by atoms with Crippen molar-refractivity contribution in [3.05, 3.63) is 11.1 Å². The van der Waals surface area contributed by atoms with E-state index in [0.29, 0.717) is 18.4 Å². The van der Waals surface area contributed by atoms with Crippen molar-refractivity contribution in [3.8, 4) is 0 Å². The highest BCUT2D eigenvalue weighted by atomic mass is 16.7. The van der Waals surface area contributed by atoms with Crippen LogP contribution >= 0.6 is 0 Å². The fourth-order valence-corrected chi connectivity index (χ4v) is 2.22. The van der Waals surface area contributed by atoms with Crippen molar-refractivity contribution in [2.24, 2.45) is 11.8 Å². The topological polar surface area (TPSA) is 72.6 Å². The van der Waals surface area contributed by atoms with Gasteiger partial charge in [-0.2, -0.15) is 0 Å². The van der Waals surface area contributed by atoms with Crippen molar-refractivity contribution in [2.45, 2.75) is 46.6 Å². The molecule has 0 radical (unpaired) electrons. The fraction of sp³-hybridized carbons (Fsp3) is 0.667. The van der Waals surface area contributed by atoms with E-state index in [4.69, 9.17) is 10.7 Å². The average Bonchev–Trinajstić information content (AvgIpc) is 2.55.